The maximum atomic E-state index is 11.8. The van der Waals surface area contributed by atoms with E-state index in [1.54, 1.807) is 11.0 Å². The SMILES string of the molecule is C=C[C@H]1COC(C)(C)N1C(=O)OC(C)C. The quantitative estimate of drug-likeness (QED) is 0.660. The van der Waals surface area contributed by atoms with Gasteiger partial charge < -0.3 is 9.47 Å². The number of carbonyl (C=O) groups excluding carboxylic acids is 1. The molecule has 1 fully saturated rings. The standard InChI is InChI=1S/C11H19NO3/c1-6-9-7-14-11(4,5)12(9)10(13)15-8(2)3/h6,8-9H,1,7H2,2-5H3/t9-/m0/s1. The van der Waals surface area contributed by atoms with Gasteiger partial charge in [-0.2, -0.15) is 0 Å². The summed E-state index contributed by atoms with van der Waals surface area (Å²) in [6, 6.07) is -0.105. The van der Waals surface area contributed by atoms with Crippen molar-refractivity contribution in [1.82, 2.24) is 4.90 Å². The van der Waals surface area contributed by atoms with Crippen LogP contribution in [-0.4, -0.2) is 35.5 Å². The van der Waals surface area contributed by atoms with Crippen LogP contribution < -0.4 is 0 Å². The molecular formula is C11H19NO3. The Bertz CT molecular complexity index is 261. The Balaban J connectivity index is 2.79. The Labute approximate surface area is 90.8 Å². The van der Waals surface area contributed by atoms with Gasteiger partial charge in [-0.25, -0.2) is 4.79 Å². The monoisotopic (exact) mass is 213 g/mol. The number of nitrogens with zero attached hydrogens (tertiary/aromatic N) is 1. The molecule has 1 rings (SSSR count). The van der Waals surface area contributed by atoms with E-state index >= 15 is 0 Å². The van der Waals surface area contributed by atoms with Gasteiger partial charge >= 0.3 is 6.09 Å². The van der Waals surface area contributed by atoms with Crippen molar-refractivity contribution >= 4 is 6.09 Å². The molecule has 0 N–H and O–H groups in total. The minimum atomic E-state index is -0.620. The summed E-state index contributed by atoms with van der Waals surface area (Å²) >= 11 is 0. The zero-order valence-electron chi connectivity index (χ0n) is 9.82. The number of carbonyl (C=O) groups is 1. The molecule has 1 aliphatic rings. The highest BCUT2D eigenvalue weighted by Crippen LogP contribution is 2.28. The molecule has 0 unspecified atom stereocenters. The van der Waals surface area contributed by atoms with Crippen LogP contribution in [0.15, 0.2) is 12.7 Å². The van der Waals surface area contributed by atoms with E-state index in [0.717, 1.165) is 0 Å². The highest BCUT2D eigenvalue weighted by atomic mass is 16.6. The lowest BCUT2D eigenvalue weighted by Crippen LogP contribution is -2.48. The Morgan fingerprint density at radius 1 is 1.67 bits per heavy atom. The van der Waals surface area contributed by atoms with Gasteiger partial charge in [0, 0.05) is 0 Å². The van der Waals surface area contributed by atoms with Gasteiger partial charge in [0.15, 0.2) is 0 Å². The molecule has 1 amide bonds. The number of amides is 1. The largest absolute Gasteiger partial charge is 0.447 e. The normalized spacial score (nSPS) is 24.3. The first-order valence-electron chi connectivity index (χ1n) is 5.15. The van der Waals surface area contributed by atoms with Crippen LogP contribution in [0.5, 0.6) is 0 Å². The van der Waals surface area contributed by atoms with E-state index in [9.17, 15) is 4.79 Å². The van der Waals surface area contributed by atoms with Crippen LogP contribution >= 0.6 is 0 Å². The minimum Gasteiger partial charge on any atom is -0.447 e. The van der Waals surface area contributed by atoms with Crippen molar-refractivity contribution in [2.45, 2.75) is 45.6 Å². The predicted molar refractivity (Wildman–Crippen MR) is 57.5 cm³/mol. The van der Waals surface area contributed by atoms with Crippen LogP contribution in [-0.2, 0) is 9.47 Å². The second-order valence-corrected chi connectivity index (χ2v) is 4.36. The minimum absolute atomic E-state index is 0.105. The third-order valence-corrected chi connectivity index (χ3v) is 2.32. The van der Waals surface area contributed by atoms with E-state index in [1.807, 2.05) is 27.7 Å². The highest BCUT2D eigenvalue weighted by Gasteiger charge is 2.43. The van der Waals surface area contributed by atoms with Gasteiger partial charge in [-0.1, -0.05) is 6.08 Å². The zero-order valence-corrected chi connectivity index (χ0v) is 9.82. The van der Waals surface area contributed by atoms with Crippen LogP contribution in [0.25, 0.3) is 0 Å². The molecule has 0 bridgehead atoms. The fourth-order valence-electron chi connectivity index (χ4n) is 1.62. The molecule has 0 aliphatic carbocycles. The summed E-state index contributed by atoms with van der Waals surface area (Å²) in [7, 11) is 0. The number of hydrogen-bond donors (Lipinski definition) is 0. The van der Waals surface area contributed by atoms with Crippen LogP contribution in [0.3, 0.4) is 0 Å². The zero-order chi connectivity index (χ0) is 11.6. The van der Waals surface area contributed by atoms with E-state index in [1.165, 1.54) is 0 Å². The van der Waals surface area contributed by atoms with Crippen molar-refractivity contribution in [2.24, 2.45) is 0 Å². The second kappa shape index (κ2) is 4.23. The van der Waals surface area contributed by atoms with Gasteiger partial charge in [-0.05, 0) is 27.7 Å². The number of ether oxygens (including phenoxy) is 2. The molecule has 4 nitrogen and oxygen atoms in total. The Morgan fingerprint density at radius 2 is 2.27 bits per heavy atom. The molecule has 0 spiro atoms. The van der Waals surface area contributed by atoms with Crippen LogP contribution in [0.2, 0.25) is 0 Å². The third-order valence-electron chi connectivity index (χ3n) is 2.32. The topological polar surface area (TPSA) is 38.8 Å². The molecule has 0 aromatic carbocycles. The lowest BCUT2D eigenvalue weighted by molar-refractivity contribution is -0.0507. The molecular weight excluding hydrogens is 194 g/mol. The van der Waals surface area contributed by atoms with Crippen LogP contribution in [0.1, 0.15) is 27.7 Å². The van der Waals surface area contributed by atoms with Crippen molar-refractivity contribution in [3.63, 3.8) is 0 Å². The summed E-state index contributed by atoms with van der Waals surface area (Å²) in [5, 5.41) is 0. The Kier molecular flexibility index (Phi) is 3.39. The summed E-state index contributed by atoms with van der Waals surface area (Å²) in [6.07, 6.45) is 1.23. The maximum Gasteiger partial charge on any atom is 0.412 e. The smallest absolute Gasteiger partial charge is 0.412 e. The van der Waals surface area contributed by atoms with Gasteiger partial charge in [0.1, 0.15) is 5.72 Å². The van der Waals surface area contributed by atoms with E-state index in [2.05, 4.69) is 6.58 Å². The van der Waals surface area contributed by atoms with Gasteiger partial charge in [-0.3, -0.25) is 4.90 Å². The fraction of sp³-hybridized carbons (Fsp3) is 0.727. The summed E-state index contributed by atoms with van der Waals surface area (Å²) in [6.45, 7) is 11.5. The van der Waals surface area contributed by atoms with Crippen molar-refractivity contribution < 1.29 is 14.3 Å². The predicted octanol–water partition coefficient (Wildman–Crippen LogP) is 2.15. The Hall–Kier alpha value is -1.03. The van der Waals surface area contributed by atoms with E-state index in [-0.39, 0.29) is 18.2 Å². The lowest BCUT2D eigenvalue weighted by atomic mass is 10.2. The van der Waals surface area contributed by atoms with Crippen molar-refractivity contribution in [3.8, 4) is 0 Å². The molecule has 0 aromatic heterocycles. The van der Waals surface area contributed by atoms with Gasteiger partial charge in [-0.15, -0.1) is 6.58 Å². The van der Waals surface area contributed by atoms with E-state index < -0.39 is 5.72 Å². The first-order chi connectivity index (χ1) is 6.88. The molecule has 0 aromatic rings. The summed E-state index contributed by atoms with van der Waals surface area (Å²) in [5.74, 6) is 0. The molecule has 86 valence electrons. The first kappa shape index (κ1) is 12.0. The number of hydrogen-bond acceptors (Lipinski definition) is 3. The summed E-state index contributed by atoms with van der Waals surface area (Å²) in [4.78, 5) is 13.4. The Morgan fingerprint density at radius 3 is 2.73 bits per heavy atom. The van der Waals surface area contributed by atoms with Gasteiger partial charge in [0.2, 0.25) is 0 Å². The number of rotatable bonds is 2. The van der Waals surface area contributed by atoms with Crippen LogP contribution in [0.4, 0.5) is 4.79 Å². The van der Waals surface area contributed by atoms with Crippen molar-refractivity contribution in [3.05, 3.63) is 12.7 Å². The molecule has 1 aliphatic heterocycles. The second-order valence-electron chi connectivity index (χ2n) is 4.36. The third kappa shape index (κ3) is 2.50. The molecule has 15 heavy (non-hydrogen) atoms. The van der Waals surface area contributed by atoms with Crippen LogP contribution in [0, 0.1) is 0 Å². The molecule has 1 saturated heterocycles. The van der Waals surface area contributed by atoms with E-state index in [4.69, 9.17) is 9.47 Å². The van der Waals surface area contributed by atoms with E-state index in [0.29, 0.717) is 6.61 Å². The average molecular weight is 213 g/mol. The van der Waals surface area contributed by atoms with Gasteiger partial charge in [0.05, 0.1) is 18.8 Å². The van der Waals surface area contributed by atoms with Crippen molar-refractivity contribution in [1.29, 1.82) is 0 Å². The molecule has 0 radical (unpaired) electrons. The fourth-order valence-corrected chi connectivity index (χ4v) is 1.62. The lowest BCUT2D eigenvalue weighted by Gasteiger charge is -2.32. The highest BCUT2D eigenvalue weighted by molar-refractivity contribution is 5.69. The molecule has 0 saturated carbocycles. The summed E-state index contributed by atoms with van der Waals surface area (Å²) in [5.41, 5.74) is -0.620. The maximum absolute atomic E-state index is 11.8. The van der Waals surface area contributed by atoms with Gasteiger partial charge in [0.25, 0.3) is 0 Å². The molecule has 1 atom stereocenters. The summed E-state index contributed by atoms with van der Waals surface area (Å²) < 4.78 is 10.7. The molecule has 1 heterocycles. The first-order valence-corrected chi connectivity index (χ1v) is 5.15. The average Bonchev–Trinajstić information content (AvgIpc) is 2.39. The van der Waals surface area contributed by atoms with Crippen molar-refractivity contribution in [2.75, 3.05) is 6.61 Å². The molecule has 4 heteroatoms.